The Morgan fingerprint density at radius 3 is 2.58 bits per heavy atom. The van der Waals surface area contributed by atoms with E-state index in [1.54, 1.807) is 36.4 Å². The van der Waals surface area contributed by atoms with Crippen LogP contribution in [0.3, 0.4) is 0 Å². The summed E-state index contributed by atoms with van der Waals surface area (Å²) in [5.41, 5.74) is 1.95. The van der Waals surface area contributed by atoms with Gasteiger partial charge < -0.3 is 10.4 Å². The van der Waals surface area contributed by atoms with Crippen molar-refractivity contribution < 1.29 is 9.90 Å². The molecule has 0 aliphatic carbocycles. The van der Waals surface area contributed by atoms with Crippen LogP contribution in [0, 0.1) is 11.3 Å². The Kier molecular flexibility index (Phi) is 3.79. The first-order valence-corrected chi connectivity index (χ1v) is 5.75. The molecule has 2 aromatic carbocycles. The van der Waals surface area contributed by atoms with Gasteiger partial charge in [0.15, 0.2) is 0 Å². The molecule has 2 rings (SSSR count). The molecule has 0 atom stereocenters. The number of nitrogens with one attached hydrogen (secondary N) is 1. The Balaban J connectivity index is 1.99. The minimum absolute atomic E-state index is 0.108. The predicted molar refractivity (Wildman–Crippen MR) is 71.6 cm³/mol. The van der Waals surface area contributed by atoms with Crippen LogP contribution in [-0.2, 0) is 11.2 Å². The molecule has 0 aliphatic heterocycles. The van der Waals surface area contributed by atoms with Crippen LogP contribution in [0.2, 0.25) is 0 Å². The molecule has 2 N–H and O–H groups in total. The first-order chi connectivity index (χ1) is 9.17. The van der Waals surface area contributed by atoms with Crippen molar-refractivity contribution in [1.82, 2.24) is 0 Å². The summed E-state index contributed by atoms with van der Waals surface area (Å²) >= 11 is 0. The van der Waals surface area contributed by atoms with Crippen molar-refractivity contribution in [2.24, 2.45) is 0 Å². The van der Waals surface area contributed by atoms with Gasteiger partial charge >= 0.3 is 0 Å². The first kappa shape index (κ1) is 12.7. The number of rotatable bonds is 3. The van der Waals surface area contributed by atoms with E-state index in [4.69, 9.17) is 5.26 Å². The lowest BCUT2D eigenvalue weighted by Crippen LogP contribution is -2.14. The van der Waals surface area contributed by atoms with Gasteiger partial charge in [-0.1, -0.05) is 18.2 Å². The number of nitriles is 1. The van der Waals surface area contributed by atoms with E-state index in [2.05, 4.69) is 5.32 Å². The molecule has 0 bridgehead atoms. The number of anilines is 1. The van der Waals surface area contributed by atoms with Crippen molar-refractivity contribution in [2.45, 2.75) is 6.42 Å². The summed E-state index contributed by atoms with van der Waals surface area (Å²) in [5.74, 6) is -0.0634. The molecule has 0 spiro atoms. The van der Waals surface area contributed by atoms with Crippen LogP contribution in [0.1, 0.15) is 11.1 Å². The lowest BCUT2D eigenvalue weighted by Gasteiger charge is -2.05. The van der Waals surface area contributed by atoms with Crippen molar-refractivity contribution in [3.8, 4) is 11.8 Å². The molecule has 2 aromatic rings. The van der Waals surface area contributed by atoms with Crippen LogP contribution in [0.25, 0.3) is 0 Å². The van der Waals surface area contributed by atoms with Crippen LogP contribution in [0.15, 0.2) is 48.5 Å². The van der Waals surface area contributed by atoms with Crippen molar-refractivity contribution >= 4 is 11.6 Å². The Hall–Kier alpha value is -2.80. The topological polar surface area (TPSA) is 73.1 Å². The van der Waals surface area contributed by atoms with Crippen LogP contribution >= 0.6 is 0 Å². The van der Waals surface area contributed by atoms with Gasteiger partial charge in [0.05, 0.1) is 18.1 Å². The standard InChI is InChI=1S/C15H12N2O2/c16-10-12-6-4-11(5-7-12)8-15(19)17-13-2-1-3-14(18)9-13/h1-7,9,18H,8H2,(H,17,19). The second-order valence-corrected chi connectivity index (χ2v) is 4.08. The van der Waals surface area contributed by atoms with Crippen LogP contribution < -0.4 is 5.32 Å². The number of hydrogen-bond acceptors (Lipinski definition) is 3. The van der Waals surface area contributed by atoms with E-state index in [9.17, 15) is 9.90 Å². The maximum Gasteiger partial charge on any atom is 0.228 e. The van der Waals surface area contributed by atoms with Crippen molar-refractivity contribution in [1.29, 1.82) is 5.26 Å². The fraction of sp³-hybridized carbons (Fsp3) is 0.0667. The third-order valence-electron chi connectivity index (χ3n) is 2.58. The zero-order valence-electron chi connectivity index (χ0n) is 10.1. The zero-order chi connectivity index (χ0) is 13.7. The van der Waals surface area contributed by atoms with E-state index < -0.39 is 0 Å². The summed E-state index contributed by atoms with van der Waals surface area (Å²) in [4.78, 5) is 11.8. The highest BCUT2D eigenvalue weighted by Crippen LogP contribution is 2.15. The molecule has 1 amide bonds. The van der Waals surface area contributed by atoms with Crippen molar-refractivity contribution in [3.63, 3.8) is 0 Å². The molecule has 0 saturated heterocycles. The highest BCUT2D eigenvalue weighted by Gasteiger charge is 2.04. The molecule has 0 fully saturated rings. The maximum absolute atomic E-state index is 11.8. The van der Waals surface area contributed by atoms with Gasteiger partial charge in [-0.25, -0.2) is 0 Å². The number of carbonyl (C=O) groups is 1. The van der Waals surface area contributed by atoms with Crippen LogP contribution in [0.4, 0.5) is 5.69 Å². The Morgan fingerprint density at radius 1 is 1.21 bits per heavy atom. The van der Waals surface area contributed by atoms with Crippen LogP contribution in [0.5, 0.6) is 5.75 Å². The van der Waals surface area contributed by atoms with Crippen molar-refractivity contribution in [2.75, 3.05) is 5.32 Å². The van der Waals surface area contributed by atoms with E-state index in [0.717, 1.165) is 5.56 Å². The summed E-state index contributed by atoms with van der Waals surface area (Å²) < 4.78 is 0. The summed E-state index contributed by atoms with van der Waals surface area (Å²) in [7, 11) is 0. The maximum atomic E-state index is 11.8. The molecule has 4 nitrogen and oxygen atoms in total. The number of benzene rings is 2. The van der Waals surface area contributed by atoms with E-state index >= 15 is 0 Å². The van der Waals surface area contributed by atoms with Gasteiger partial charge in [0.25, 0.3) is 0 Å². The number of amides is 1. The molecule has 0 aliphatic rings. The first-order valence-electron chi connectivity index (χ1n) is 5.75. The van der Waals surface area contributed by atoms with Gasteiger partial charge in [-0.2, -0.15) is 5.26 Å². The molecular weight excluding hydrogens is 240 g/mol. The summed E-state index contributed by atoms with van der Waals surface area (Å²) in [6.45, 7) is 0. The third kappa shape index (κ3) is 3.58. The SMILES string of the molecule is N#Cc1ccc(CC(=O)Nc2cccc(O)c2)cc1. The molecule has 4 heteroatoms. The molecule has 0 heterocycles. The lowest BCUT2D eigenvalue weighted by molar-refractivity contribution is -0.115. The van der Waals surface area contributed by atoms with E-state index in [-0.39, 0.29) is 18.1 Å². The minimum Gasteiger partial charge on any atom is -0.508 e. The average molecular weight is 252 g/mol. The molecule has 19 heavy (non-hydrogen) atoms. The zero-order valence-corrected chi connectivity index (χ0v) is 10.1. The van der Waals surface area contributed by atoms with E-state index in [0.29, 0.717) is 11.3 Å². The lowest BCUT2D eigenvalue weighted by atomic mass is 10.1. The van der Waals surface area contributed by atoms with Gasteiger partial charge in [-0.3, -0.25) is 4.79 Å². The second kappa shape index (κ2) is 5.69. The van der Waals surface area contributed by atoms with Gasteiger partial charge in [0.1, 0.15) is 5.75 Å². The average Bonchev–Trinajstić information content (AvgIpc) is 2.39. The van der Waals surface area contributed by atoms with E-state index in [1.165, 1.54) is 12.1 Å². The largest absolute Gasteiger partial charge is 0.508 e. The third-order valence-corrected chi connectivity index (χ3v) is 2.58. The molecule has 0 aromatic heterocycles. The summed E-state index contributed by atoms with van der Waals surface area (Å²) in [6, 6.07) is 15.3. The Bertz CT molecular complexity index is 627. The fourth-order valence-electron chi connectivity index (χ4n) is 1.67. The van der Waals surface area contributed by atoms with Gasteiger partial charge in [0, 0.05) is 11.8 Å². The normalized spacial score (nSPS) is 9.63. The molecule has 0 saturated carbocycles. The number of hydrogen-bond donors (Lipinski definition) is 2. The van der Waals surface area contributed by atoms with Gasteiger partial charge in [-0.05, 0) is 29.8 Å². The Morgan fingerprint density at radius 2 is 1.95 bits per heavy atom. The summed E-state index contributed by atoms with van der Waals surface area (Å²) in [6.07, 6.45) is 0.224. The molecule has 0 radical (unpaired) electrons. The summed E-state index contributed by atoms with van der Waals surface area (Å²) in [5, 5.41) is 20.7. The van der Waals surface area contributed by atoms with Gasteiger partial charge in [0.2, 0.25) is 5.91 Å². The smallest absolute Gasteiger partial charge is 0.228 e. The molecular formula is C15H12N2O2. The highest BCUT2D eigenvalue weighted by molar-refractivity contribution is 5.92. The van der Waals surface area contributed by atoms with E-state index in [1.807, 2.05) is 6.07 Å². The molecule has 94 valence electrons. The highest BCUT2D eigenvalue weighted by atomic mass is 16.3. The second-order valence-electron chi connectivity index (χ2n) is 4.08. The van der Waals surface area contributed by atoms with Crippen molar-refractivity contribution in [3.05, 3.63) is 59.7 Å². The quantitative estimate of drug-likeness (QED) is 0.881. The number of aromatic hydroxyl groups is 1. The van der Waals surface area contributed by atoms with Gasteiger partial charge in [-0.15, -0.1) is 0 Å². The molecule has 0 unspecified atom stereocenters. The fourth-order valence-corrected chi connectivity index (χ4v) is 1.67. The Labute approximate surface area is 110 Å². The number of nitrogens with zero attached hydrogens (tertiary/aromatic N) is 1. The number of carbonyl (C=O) groups excluding carboxylic acids is 1. The number of phenolic OH excluding ortho intramolecular Hbond substituents is 1. The minimum atomic E-state index is -0.171. The monoisotopic (exact) mass is 252 g/mol. The van der Waals surface area contributed by atoms with Crippen LogP contribution in [-0.4, -0.2) is 11.0 Å². The predicted octanol–water partition coefficient (Wildman–Crippen LogP) is 2.45. The number of phenols is 1.